The fourth-order valence-corrected chi connectivity index (χ4v) is 6.10. The van der Waals surface area contributed by atoms with E-state index in [0.29, 0.717) is 44.2 Å². The Balaban J connectivity index is 0.00000319. The fourth-order valence-electron chi connectivity index (χ4n) is 5.93. The van der Waals surface area contributed by atoms with Gasteiger partial charge in [-0.3, -0.25) is 4.90 Å². The molecule has 0 bridgehead atoms. The number of hydrogen-bond acceptors (Lipinski definition) is 8. The summed E-state index contributed by atoms with van der Waals surface area (Å²) in [7, 11) is 1.89. The van der Waals surface area contributed by atoms with E-state index in [1.807, 2.05) is 82.8 Å². The number of aliphatic hydroxyl groups is 1. The lowest BCUT2D eigenvalue weighted by Gasteiger charge is -2.42. The number of imidazole rings is 1. The summed E-state index contributed by atoms with van der Waals surface area (Å²) < 4.78 is 13.0. The molecule has 0 saturated carbocycles. The topological polar surface area (TPSA) is 121 Å². The summed E-state index contributed by atoms with van der Waals surface area (Å²) in [5.74, 6) is 0.233. The molecule has 49 heavy (non-hydrogen) atoms. The van der Waals surface area contributed by atoms with Crippen molar-refractivity contribution in [1.29, 1.82) is 0 Å². The van der Waals surface area contributed by atoms with E-state index in [-0.39, 0.29) is 24.6 Å². The van der Waals surface area contributed by atoms with Crippen LogP contribution >= 0.6 is 11.6 Å². The molecular weight excluding hydrogens is 644 g/mol. The minimum Gasteiger partial charge on any atom is -0.449 e. The third kappa shape index (κ3) is 10.1. The number of aryl methyl sites for hydroxylation is 1. The number of ether oxygens (including phenoxy) is 2. The maximum Gasteiger partial charge on any atom is 0.410 e. The van der Waals surface area contributed by atoms with Crippen molar-refractivity contribution in [3.63, 3.8) is 0 Å². The molecule has 1 aliphatic carbocycles. The van der Waals surface area contributed by atoms with Crippen LogP contribution in [0.3, 0.4) is 0 Å². The van der Waals surface area contributed by atoms with E-state index in [1.165, 1.54) is 0 Å². The molecule has 12 heteroatoms. The Bertz CT molecular complexity index is 1450. The van der Waals surface area contributed by atoms with Crippen molar-refractivity contribution in [1.82, 2.24) is 30.0 Å². The SMILES string of the molecule is C=C1C=C([C@@H](NC(=O)OCC(C)CC)c2cncn2C)c2cc(Cl)ccc2[C@H](N2CCN(C(=O)O[C@@H](CC)CO)CC2)C1N/C=C\C.CC. The minimum atomic E-state index is -0.619. The van der Waals surface area contributed by atoms with Gasteiger partial charge in [0.25, 0.3) is 0 Å². The molecule has 2 unspecified atom stereocenters. The van der Waals surface area contributed by atoms with E-state index in [4.69, 9.17) is 21.1 Å². The first-order valence-electron chi connectivity index (χ1n) is 17.4. The van der Waals surface area contributed by atoms with Gasteiger partial charge in [0.15, 0.2) is 0 Å². The normalized spacial score (nSPS) is 19.8. The molecule has 5 atom stereocenters. The Morgan fingerprint density at radius 2 is 1.90 bits per heavy atom. The van der Waals surface area contributed by atoms with Gasteiger partial charge in [-0.2, -0.15) is 0 Å². The van der Waals surface area contributed by atoms with Gasteiger partial charge >= 0.3 is 12.2 Å². The van der Waals surface area contributed by atoms with Crippen molar-refractivity contribution >= 4 is 29.4 Å². The number of alkyl carbamates (subject to hydrolysis) is 1. The average Bonchev–Trinajstić information content (AvgIpc) is 3.50. The number of halogens is 1. The number of allylic oxidation sites excluding steroid dienone is 1. The van der Waals surface area contributed by atoms with Crippen molar-refractivity contribution < 1.29 is 24.2 Å². The number of carbonyl (C=O) groups excluding carboxylic acids is 2. The lowest BCUT2D eigenvalue weighted by atomic mass is 9.89. The van der Waals surface area contributed by atoms with Gasteiger partial charge in [0, 0.05) is 38.2 Å². The van der Waals surface area contributed by atoms with Gasteiger partial charge < -0.3 is 34.7 Å². The van der Waals surface area contributed by atoms with Crippen LogP contribution in [-0.2, 0) is 16.5 Å². The van der Waals surface area contributed by atoms with Gasteiger partial charge in [-0.15, -0.1) is 0 Å². The Morgan fingerprint density at radius 3 is 2.49 bits per heavy atom. The maximum atomic E-state index is 13.3. The van der Waals surface area contributed by atoms with Crippen LogP contribution in [-0.4, -0.2) is 88.2 Å². The number of benzene rings is 1. The van der Waals surface area contributed by atoms with Crippen molar-refractivity contribution in [2.75, 3.05) is 39.4 Å². The van der Waals surface area contributed by atoms with E-state index in [2.05, 4.69) is 34.0 Å². The van der Waals surface area contributed by atoms with E-state index in [9.17, 15) is 14.7 Å². The molecule has 0 radical (unpaired) electrons. The molecule has 3 N–H and O–H groups in total. The second-order valence-corrected chi connectivity index (χ2v) is 12.7. The lowest BCUT2D eigenvalue weighted by Crippen LogP contribution is -2.53. The molecule has 2 aliphatic rings. The lowest BCUT2D eigenvalue weighted by molar-refractivity contribution is 0.0159. The number of piperazine rings is 1. The van der Waals surface area contributed by atoms with Gasteiger partial charge in [-0.1, -0.05) is 77.4 Å². The zero-order chi connectivity index (χ0) is 36.1. The molecule has 11 nitrogen and oxygen atoms in total. The maximum absolute atomic E-state index is 13.3. The first-order chi connectivity index (χ1) is 23.6. The van der Waals surface area contributed by atoms with E-state index in [0.717, 1.165) is 34.4 Å². The van der Waals surface area contributed by atoms with Crippen LogP contribution < -0.4 is 10.6 Å². The smallest absolute Gasteiger partial charge is 0.410 e. The van der Waals surface area contributed by atoms with Gasteiger partial charge in [-0.05, 0) is 59.9 Å². The summed E-state index contributed by atoms with van der Waals surface area (Å²) in [6, 6.07) is 4.80. The molecule has 2 amide bonds. The molecule has 1 aromatic carbocycles. The second kappa shape index (κ2) is 19.4. The Hall–Kier alpha value is -3.80. The number of fused-ring (bicyclic) bond motifs is 1. The fraction of sp³-hybridized carbons (Fsp3) is 0.541. The molecule has 270 valence electrons. The first kappa shape index (κ1) is 39.6. The summed E-state index contributed by atoms with van der Waals surface area (Å²) >= 11 is 6.68. The van der Waals surface area contributed by atoms with Crippen LogP contribution in [0.5, 0.6) is 0 Å². The summed E-state index contributed by atoms with van der Waals surface area (Å²) in [6.45, 7) is 18.7. The number of nitrogens with zero attached hydrogens (tertiary/aromatic N) is 4. The van der Waals surface area contributed by atoms with Crippen molar-refractivity contribution in [2.45, 2.75) is 78.6 Å². The summed E-state index contributed by atoms with van der Waals surface area (Å²) in [5, 5.41) is 16.8. The number of rotatable bonds is 12. The average molecular weight is 699 g/mol. The van der Waals surface area contributed by atoms with Crippen LogP contribution in [0.2, 0.25) is 5.02 Å². The number of nitrogens with one attached hydrogen (secondary N) is 2. The van der Waals surface area contributed by atoms with Gasteiger partial charge in [0.05, 0.1) is 49.6 Å². The quantitative estimate of drug-likeness (QED) is 0.226. The highest BCUT2D eigenvalue weighted by Gasteiger charge is 2.39. The summed E-state index contributed by atoms with van der Waals surface area (Å²) in [6.07, 6.45) is 9.30. The highest BCUT2D eigenvalue weighted by Crippen LogP contribution is 2.43. The number of carbonyl (C=O) groups is 2. The van der Waals surface area contributed by atoms with Crippen molar-refractivity contribution in [3.05, 3.63) is 83.1 Å². The molecule has 1 aromatic heterocycles. The van der Waals surface area contributed by atoms with Crippen LogP contribution in [0, 0.1) is 5.92 Å². The largest absolute Gasteiger partial charge is 0.449 e. The zero-order valence-electron chi connectivity index (χ0n) is 30.1. The predicted molar refractivity (Wildman–Crippen MR) is 195 cm³/mol. The van der Waals surface area contributed by atoms with Crippen LogP contribution in [0.1, 0.15) is 83.3 Å². The Morgan fingerprint density at radius 1 is 1.18 bits per heavy atom. The molecule has 1 fully saturated rings. The molecule has 1 saturated heterocycles. The highest BCUT2D eigenvalue weighted by atomic mass is 35.5. The van der Waals surface area contributed by atoms with Crippen LogP contribution in [0.25, 0.3) is 5.57 Å². The first-order valence-corrected chi connectivity index (χ1v) is 17.8. The molecular formula is C37H55ClN6O5. The number of aromatic nitrogens is 2. The third-order valence-electron chi connectivity index (χ3n) is 8.95. The minimum absolute atomic E-state index is 0.191. The summed E-state index contributed by atoms with van der Waals surface area (Å²) in [4.78, 5) is 34.5. The van der Waals surface area contributed by atoms with Gasteiger partial charge in [0.1, 0.15) is 6.10 Å². The number of amides is 2. The Labute approximate surface area is 297 Å². The molecule has 2 heterocycles. The van der Waals surface area contributed by atoms with Crippen LogP contribution in [0.15, 0.2) is 61.2 Å². The zero-order valence-corrected chi connectivity index (χ0v) is 30.9. The van der Waals surface area contributed by atoms with Crippen molar-refractivity contribution in [3.8, 4) is 0 Å². The highest BCUT2D eigenvalue weighted by molar-refractivity contribution is 6.30. The standard InChI is InChI=1S/C35H49ClN6O5.C2H6/c1-7-12-38-31-24(5)17-29(32(30-19-37-22-40(30)6)39-34(44)46-21-23(4)8-2)28-18-25(36)10-11-27(28)33(31)41-13-15-42(16-14-41)35(45)47-26(9-3)20-43;1-2/h7,10-12,17-19,22-23,26,31-33,38,43H,5,8-9,13-16,20-21H2,1-4,6H3,(H,39,44);1-2H3/b12-7-;/t23?,26-,31?,32+,33-;/m0./s1. The number of aliphatic hydroxyl groups excluding tert-OH is 1. The van der Waals surface area contributed by atoms with Gasteiger partial charge in [0.2, 0.25) is 0 Å². The van der Waals surface area contributed by atoms with Crippen LogP contribution in [0.4, 0.5) is 9.59 Å². The molecule has 2 aromatic rings. The Kier molecular flexibility index (Phi) is 15.7. The summed E-state index contributed by atoms with van der Waals surface area (Å²) in [5.41, 5.74) is 4.27. The van der Waals surface area contributed by atoms with E-state index in [1.54, 1.807) is 17.4 Å². The van der Waals surface area contributed by atoms with E-state index >= 15 is 0 Å². The second-order valence-electron chi connectivity index (χ2n) is 12.2. The van der Waals surface area contributed by atoms with Gasteiger partial charge in [-0.25, -0.2) is 14.6 Å². The van der Waals surface area contributed by atoms with E-state index < -0.39 is 24.3 Å². The third-order valence-corrected chi connectivity index (χ3v) is 9.19. The predicted octanol–water partition coefficient (Wildman–Crippen LogP) is 6.62. The van der Waals surface area contributed by atoms with Crippen molar-refractivity contribution in [2.24, 2.45) is 13.0 Å². The number of hydrogen-bond donors (Lipinski definition) is 3. The molecule has 1 aliphatic heterocycles. The monoisotopic (exact) mass is 698 g/mol. The molecule has 4 rings (SSSR count). The molecule has 0 spiro atoms.